The molecule has 1 N–H and O–H groups in total. The molecule has 20 heavy (non-hydrogen) atoms. The average molecular weight is 282 g/mol. The van der Waals surface area contributed by atoms with Crippen molar-refractivity contribution >= 4 is 5.91 Å². The lowest BCUT2D eigenvalue weighted by atomic mass is 9.80. The van der Waals surface area contributed by atoms with Gasteiger partial charge in [0.15, 0.2) is 0 Å². The summed E-state index contributed by atoms with van der Waals surface area (Å²) in [5.41, 5.74) is 0. The molecule has 114 valence electrons. The van der Waals surface area contributed by atoms with Crippen LogP contribution in [0.1, 0.15) is 26.2 Å². The highest BCUT2D eigenvalue weighted by atomic mass is 16.5. The lowest BCUT2D eigenvalue weighted by Crippen LogP contribution is -2.52. The zero-order valence-electron chi connectivity index (χ0n) is 12.3. The van der Waals surface area contributed by atoms with Crippen LogP contribution >= 0.6 is 0 Å². The molecule has 3 fully saturated rings. The molecule has 5 heteroatoms. The maximum Gasteiger partial charge on any atom is 0.225 e. The molecule has 0 spiro atoms. The van der Waals surface area contributed by atoms with Gasteiger partial charge < -0.3 is 19.6 Å². The Balaban J connectivity index is 1.56. The Morgan fingerprint density at radius 3 is 2.80 bits per heavy atom. The molecule has 0 bridgehead atoms. The molecule has 1 saturated carbocycles. The minimum Gasteiger partial charge on any atom is -0.393 e. The normalized spacial score (nSPS) is 38.8. The third kappa shape index (κ3) is 2.85. The molecule has 0 aromatic heterocycles. The minimum atomic E-state index is -0.256. The summed E-state index contributed by atoms with van der Waals surface area (Å²) in [5.74, 6) is 0.849. The summed E-state index contributed by atoms with van der Waals surface area (Å²) < 4.78 is 5.99. The van der Waals surface area contributed by atoms with Crippen LogP contribution in [0.15, 0.2) is 0 Å². The first-order valence-electron chi connectivity index (χ1n) is 7.98. The van der Waals surface area contributed by atoms with Gasteiger partial charge in [-0.3, -0.25) is 4.79 Å². The molecule has 3 aliphatic rings. The molecule has 0 radical (unpaired) electrons. The van der Waals surface area contributed by atoms with Gasteiger partial charge in [-0.2, -0.15) is 0 Å². The van der Waals surface area contributed by atoms with Gasteiger partial charge in [0.25, 0.3) is 0 Å². The van der Waals surface area contributed by atoms with E-state index in [1.54, 1.807) is 0 Å². The van der Waals surface area contributed by atoms with Gasteiger partial charge in [0.1, 0.15) is 0 Å². The van der Waals surface area contributed by atoms with E-state index in [0.717, 1.165) is 45.8 Å². The second-order valence-electron chi connectivity index (χ2n) is 6.46. The summed E-state index contributed by atoms with van der Waals surface area (Å²) in [7, 11) is 0. The predicted molar refractivity (Wildman–Crippen MR) is 75.3 cm³/mol. The topological polar surface area (TPSA) is 53.0 Å². The van der Waals surface area contributed by atoms with Crippen LogP contribution in [0.5, 0.6) is 0 Å². The molecular formula is C15H26N2O3. The lowest BCUT2D eigenvalue weighted by Gasteiger charge is -2.41. The number of ether oxygens (including phenoxy) is 1. The molecule has 1 amide bonds. The molecular weight excluding hydrogens is 256 g/mol. The van der Waals surface area contributed by atoms with E-state index < -0.39 is 0 Å². The van der Waals surface area contributed by atoms with Crippen LogP contribution in [0.4, 0.5) is 0 Å². The summed E-state index contributed by atoms with van der Waals surface area (Å²) in [4.78, 5) is 16.8. The minimum absolute atomic E-state index is 0.0551. The number of rotatable bonds is 2. The lowest BCUT2D eigenvalue weighted by molar-refractivity contribution is -0.147. The smallest absolute Gasteiger partial charge is 0.225 e. The number of likely N-dealkylation sites (tertiary alicyclic amines) is 1. The van der Waals surface area contributed by atoms with Crippen LogP contribution in [0, 0.1) is 11.8 Å². The van der Waals surface area contributed by atoms with Crippen molar-refractivity contribution in [3.05, 3.63) is 0 Å². The van der Waals surface area contributed by atoms with Crippen molar-refractivity contribution in [2.24, 2.45) is 11.8 Å². The van der Waals surface area contributed by atoms with E-state index >= 15 is 0 Å². The van der Waals surface area contributed by atoms with Gasteiger partial charge in [0, 0.05) is 38.0 Å². The van der Waals surface area contributed by atoms with E-state index in [2.05, 4.69) is 11.8 Å². The van der Waals surface area contributed by atoms with Gasteiger partial charge >= 0.3 is 0 Å². The molecule has 0 unspecified atom stereocenters. The number of carbonyl (C=O) groups is 1. The van der Waals surface area contributed by atoms with E-state index in [0.29, 0.717) is 18.8 Å². The Bertz CT molecular complexity index is 357. The van der Waals surface area contributed by atoms with Crippen molar-refractivity contribution in [2.75, 3.05) is 39.3 Å². The summed E-state index contributed by atoms with van der Waals surface area (Å²) in [5, 5.41) is 9.35. The van der Waals surface area contributed by atoms with E-state index in [-0.39, 0.29) is 24.0 Å². The quantitative estimate of drug-likeness (QED) is 0.793. The largest absolute Gasteiger partial charge is 0.393 e. The standard InChI is InChI=1S/C15H26N2O3/c1-2-16-5-6-20-14-10-17(4-3-11(14)9-16)15(19)12-7-13(18)8-12/h11-14,18H,2-10H2,1H3/t11-,12?,13?,14-/m1/s1. The van der Waals surface area contributed by atoms with E-state index in [1.165, 1.54) is 0 Å². The van der Waals surface area contributed by atoms with Crippen LogP contribution in [0.25, 0.3) is 0 Å². The first-order chi connectivity index (χ1) is 9.67. The molecule has 2 heterocycles. The number of amides is 1. The first kappa shape index (κ1) is 14.3. The number of likely N-dealkylation sites (N-methyl/N-ethyl adjacent to an activating group) is 1. The first-order valence-corrected chi connectivity index (χ1v) is 7.98. The Morgan fingerprint density at radius 2 is 2.10 bits per heavy atom. The summed E-state index contributed by atoms with van der Waals surface area (Å²) >= 11 is 0. The van der Waals surface area contributed by atoms with E-state index in [9.17, 15) is 9.90 Å². The number of fused-ring (bicyclic) bond motifs is 1. The Labute approximate surface area is 120 Å². The van der Waals surface area contributed by atoms with Gasteiger partial charge in [0.05, 0.1) is 18.8 Å². The number of aliphatic hydroxyl groups excluding tert-OH is 1. The van der Waals surface area contributed by atoms with Crippen LogP contribution in [-0.4, -0.2) is 72.4 Å². The monoisotopic (exact) mass is 282 g/mol. The Morgan fingerprint density at radius 1 is 1.30 bits per heavy atom. The number of piperidine rings is 1. The number of nitrogens with zero attached hydrogens (tertiary/aromatic N) is 2. The van der Waals surface area contributed by atoms with Crippen LogP contribution < -0.4 is 0 Å². The third-order valence-electron chi connectivity index (χ3n) is 5.15. The van der Waals surface area contributed by atoms with Crippen molar-refractivity contribution in [3.63, 3.8) is 0 Å². The second kappa shape index (κ2) is 6.00. The molecule has 2 saturated heterocycles. The molecule has 5 nitrogen and oxygen atoms in total. The fourth-order valence-corrected chi connectivity index (χ4v) is 3.65. The van der Waals surface area contributed by atoms with Crippen LogP contribution in [0.2, 0.25) is 0 Å². The number of hydrogen-bond donors (Lipinski definition) is 1. The molecule has 1 aliphatic carbocycles. The highest BCUT2D eigenvalue weighted by Gasteiger charge is 2.40. The van der Waals surface area contributed by atoms with Gasteiger partial charge in [-0.05, 0) is 25.8 Å². The van der Waals surface area contributed by atoms with E-state index in [4.69, 9.17) is 4.74 Å². The zero-order valence-corrected chi connectivity index (χ0v) is 12.3. The summed E-state index contributed by atoms with van der Waals surface area (Å²) in [6, 6.07) is 0. The fraction of sp³-hybridized carbons (Fsp3) is 0.933. The van der Waals surface area contributed by atoms with Gasteiger partial charge in [0.2, 0.25) is 5.91 Å². The molecule has 2 aliphatic heterocycles. The van der Waals surface area contributed by atoms with Gasteiger partial charge in [-0.25, -0.2) is 0 Å². The van der Waals surface area contributed by atoms with Crippen molar-refractivity contribution < 1.29 is 14.6 Å². The summed E-state index contributed by atoms with van der Waals surface area (Å²) in [6.45, 7) is 7.76. The highest BCUT2D eigenvalue weighted by molar-refractivity contribution is 5.80. The molecule has 2 atom stereocenters. The van der Waals surface area contributed by atoms with Crippen LogP contribution in [-0.2, 0) is 9.53 Å². The van der Waals surface area contributed by atoms with Crippen molar-refractivity contribution in [1.82, 2.24) is 9.80 Å². The third-order valence-corrected chi connectivity index (χ3v) is 5.15. The zero-order chi connectivity index (χ0) is 14.1. The Hall–Kier alpha value is -0.650. The van der Waals surface area contributed by atoms with Crippen molar-refractivity contribution in [2.45, 2.75) is 38.4 Å². The number of carbonyl (C=O) groups excluding carboxylic acids is 1. The molecule has 0 aromatic rings. The number of aliphatic hydroxyl groups is 1. The SMILES string of the molecule is CCN1CCO[C@@H]2CN(C(=O)C3CC(O)C3)CC[C@@H]2C1. The van der Waals surface area contributed by atoms with Gasteiger partial charge in [-0.15, -0.1) is 0 Å². The maximum atomic E-state index is 12.4. The van der Waals surface area contributed by atoms with E-state index in [1.807, 2.05) is 4.90 Å². The van der Waals surface area contributed by atoms with Gasteiger partial charge in [-0.1, -0.05) is 6.92 Å². The average Bonchev–Trinajstić information content (AvgIpc) is 2.64. The summed E-state index contributed by atoms with van der Waals surface area (Å²) in [6.07, 6.45) is 2.28. The Kier molecular flexibility index (Phi) is 4.29. The number of hydrogen-bond acceptors (Lipinski definition) is 4. The maximum absolute atomic E-state index is 12.4. The van der Waals surface area contributed by atoms with Crippen LogP contribution in [0.3, 0.4) is 0 Å². The predicted octanol–water partition coefficient (Wildman–Crippen LogP) is 0.327. The fourth-order valence-electron chi connectivity index (χ4n) is 3.65. The molecule has 3 rings (SSSR count). The molecule has 0 aromatic carbocycles. The second-order valence-corrected chi connectivity index (χ2v) is 6.46. The van der Waals surface area contributed by atoms with Crippen molar-refractivity contribution in [3.8, 4) is 0 Å². The highest BCUT2D eigenvalue weighted by Crippen LogP contribution is 2.31. The van der Waals surface area contributed by atoms with Crippen molar-refractivity contribution in [1.29, 1.82) is 0 Å².